The lowest BCUT2D eigenvalue weighted by Crippen LogP contribution is -2.40. The van der Waals surface area contributed by atoms with Crippen molar-refractivity contribution < 1.29 is 22.6 Å². The van der Waals surface area contributed by atoms with Crippen LogP contribution >= 0.6 is 11.6 Å². The average Bonchev–Trinajstić information content (AvgIpc) is 3.22. The third kappa shape index (κ3) is 4.59. The number of hydrogen-bond acceptors (Lipinski definition) is 6. The average molecular weight is 492 g/mol. The Balaban J connectivity index is 1.73. The fraction of sp³-hybridized carbons (Fsp3) is 0.348. The summed E-state index contributed by atoms with van der Waals surface area (Å²) in [6.07, 6.45) is 1.79. The molecule has 0 atom stereocenters. The van der Waals surface area contributed by atoms with E-state index in [1.807, 2.05) is 23.6 Å². The quantitative estimate of drug-likeness (QED) is 0.499. The van der Waals surface area contributed by atoms with Gasteiger partial charge >= 0.3 is 0 Å². The molecule has 1 aromatic heterocycles. The molecule has 0 bridgehead atoms. The highest BCUT2D eigenvalue weighted by molar-refractivity contribution is 7.89. The van der Waals surface area contributed by atoms with E-state index in [0.29, 0.717) is 60.7 Å². The second-order valence-corrected chi connectivity index (χ2v) is 9.80. The van der Waals surface area contributed by atoms with E-state index < -0.39 is 10.0 Å². The van der Waals surface area contributed by atoms with Crippen molar-refractivity contribution >= 4 is 43.8 Å². The lowest BCUT2D eigenvalue weighted by molar-refractivity contribution is 0.0730. The van der Waals surface area contributed by atoms with Gasteiger partial charge in [-0.05, 0) is 48.9 Å². The number of benzene rings is 2. The van der Waals surface area contributed by atoms with Crippen molar-refractivity contribution in [3.63, 3.8) is 0 Å². The molecule has 0 saturated carbocycles. The van der Waals surface area contributed by atoms with Crippen molar-refractivity contribution in [2.75, 3.05) is 40.5 Å². The molecule has 0 aliphatic carbocycles. The van der Waals surface area contributed by atoms with Gasteiger partial charge in [0.15, 0.2) is 17.3 Å². The van der Waals surface area contributed by atoms with Crippen LogP contribution in [0.3, 0.4) is 0 Å². The van der Waals surface area contributed by atoms with Gasteiger partial charge in [0.05, 0.1) is 48.4 Å². The minimum absolute atomic E-state index is 0.212. The summed E-state index contributed by atoms with van der Waals surface area (Å²) in [4.78, 5) is 4.89. The number of aromatic nitrogens is 2. The molecular formula is C23H26ClN3O5S. The first-order valence-corrected chi connectivity index (χ1v) is 12.4. The highest BCUT2D eigenvalue weighted by Gasteiger charge is 2.27. The molecule has 1 fully saturated rings. The van der Waals surface area contributed by atoms with Crippen LogP contribution in [0.4, 0.5) is 0 Å². The van der Waals surface area contributed by atoms with Crippen LogP contribution < -0.4 is 9.47 Å². The number of morpholine rings is 1. The van der Waals surface area contributed by atoms with Gasteiger partial charge in [-0.15, -0.1) is 0 Å². The minimum atomic E-state index is -3.62. The van der Waals surface area contributed by atoms with Gasteiger partial charge in [0, 0.05) is 19.6 Å². The molecule has 4 rings (SSSR count). The molecule has 0 spiro atoms. The molecule has 1 aliphatic rings. The van der Waals surface area contributed by atoms with Gasteiger partial charge in [-0.1, -0.05) is 17.7 Å². The van der Waals surface area contributed by atoms with Crippen molar-refractivity contribution in [1.29, 1.82) is 0 Å². The van der Waals surface area contributed by atoms with E-state index in [-0.39, 0.29) is 4.90 Å². The van der Waals surface area contributed by atoms with Gasteiger partial charge in [0.1, 0.15) is 0 Å². The molecule has 176 valence electrons. The summed E-state index contributed by atoms with van der Waals surface area (Å²) < 4.78 is 45.4. The Labute approximate surface area is 198 Å². The molecule has 1 aliphatic heterocycles. The Morgan fingerprint density at radius 1 is 1.12 bits per heavy atom. The number of sulfonamides is 1. The normalized spacial score (nSPS) is 15.7. The third-order valence-electron chi connectivity index (χ3n) is 5.56. The Morgan fingerprint density at radius 3 is 2.52 bits per heavy atom. The van der Waals surface area contributed by atoms with E-state index in [1.165, 1.54) is 4.31 Å². The summed E-state index contributed by atoms with van der Waals surface area (Å²) in [5, 5.41) is 0.429. The van der Waals surface area contributed by atoms with Crippen LogP contribution in [0.1, 0.15) is 18.3 Å². The second-order valence-electron chi connectivity index (χ2n) is 7.45. The Morgan fingerprint density at radius 2 is 1.85 bits per heavy atom. The fourth-order valence-electron chi connectivity index (χ4n) is 3.86. The molecule has 0 radical (unpaired) electrons. The van der Waals surface area contributed by atoms with Gasteiger partial charge in [-0.25, -0.2) is 13.4 Å². The van der Waals surface area contributed by atoms with Crippen molar-refractivity contribution in [3.05, 3.63) is 47.8 Å². The van der Waals surface area contributed by atoms with Crippen LogP contribution in [0.15, 0.2) is 41.3 Å². The van der Waals surface area contributed by atoms with Crippen LogP contribution in [0.25, 0.3) is 22.1 Å². The largest absolute Gasteiger partial charge is 0.493 e. The monoisotopic (exact) mass is 491 g/mol. The number of methoxy groups -OCH3 is 2. The highest BCUT2D eigenvalue weighted by atomic mass is 35.5. The zero-order valence-electron chi connectivity index (χ0n) is 18.7. The maximum atomic E-state index is 13.1. The number of fused-ring (bicyclic) bond motifs is 1. The molecule has 10 heteroatoms. The SMILES string of the molecule is CCn1c(C(Cl)=Cc2ccc(OC)c(OC)c2)nc2cc(S(=O)(=O)N3CCOCC3)ccc21. The molecule has 1 saturated heterocycles. The van der Waals surface area contributed by atoms with Crippen molar-refractivity contribution in [1.82, 2.24) is 13.9 Å². The zero-order valence-corrected chi connectivity index (χ0v) is 20.3. The maximum absolute atomic E-state index is 13.1. The molecule has 0 amide bonds. The standard InChI is InChI=1S/C23H26ClN3O5S/c1-4-27-20-7-6-17(33(28,29)26-9-11-32-12-10-26)15-19(20)25-23(27)18(24)13-16-5-8-21(30-2)22(14-16)31-3/h5-8,13-15H,4,9-12H2,1-3H3. The van der Waals surface area contributed by atoms with Crippen LogP contribution in [0, 0.1) is 0 Å². The lowest BCUT2D eigenvalue weighted by Gasteiger charge is -2.26. The summed E-state index contributed by atoms with van der Waals surface area (Å²) in [7, 11) is -0.460. The fourth-order valence-corrected chi connectivity index (χ4v) is 5.56. The van der Waals surface area contributed by atoms with E-state index >= 15 is 0 Å². The van der Waals surface area contributed by atoms with Crippen molar-refractivity contribution in [3.8, 4) is 11.5 Å². The number of rotatable bonds is 7. The van der Waals surface area contributed by atoms with Crippen molar-refractivity contribution in [2.24, 2.45) is 0 Å². The predicted molar refractivity (Wildman–Crippen MR) is 128 cm³/mol. The number of nitrogens with zero attached hydrogens (tertiary/aromatic N) is 3. The molecular weight excluding hydrogens is 466 g/mol. The number of ether oxygens (including phenoxy) is 3. The summed E-state index contributed by atoms with van der Waals surface area (Å²) in [6, 6.07) is 10.5. The van der Waals surface area contributed by atoms with E-state index in [4.69, 9.17) is 25.8 Å². The van der Waals surface area contributed by atoms with E-state index in [9.17, 15) is 8.42 Å². The minimum Gasteiger partial charge on any atom is -0.493 e. The molecule has 2 aromatic carbocycles. The summed E-state index contributed by atoms with van der Waals surface area (Å²) >= 11 is 6.68. The number of hydrogen-bond donors (Lipinski definition) is 0. The smallest absolute Gasteiger partial charge is 0.243 e. The third-order valence-corrected chi connectivity index (χ3v) is 7.73. The van der Waals surface area contributed by atoms with Crippen molar-refractivity contribution in [2.45, 2.75) is 18.4 Å². The predicted octanol–water partition coefficient (Wildman–Crippen LogP) is 3.83. The molecule has 3 aromatic rings. The molecule has 8 nitrogen and oxygen atoms in total. The summed E-state index contributed by atoms with van der Waals surface area (Å²) in [5.41, 5.74) is 2.20. The van der Waals surface area contributed by atoms with Crippen LogP contribution in [0.2, 0.25) is 0 Å². The van der Waals surface area contributed by atoms with Gasteiger partial charge in [-0.3, -0.25) is 0 Å². The first-order valence-electron chi connectivity index (χ1n) is 10.6. The van der Waals surface area contributed by atoms with Crippen LogP contribution in [-0.2, 0) is 21.3 Å². The van der Waals surface area contributed by atoms with Crippen LogP contribution in [-0.4, -0.2) is 62.8 Å². The first-order chi connectivity index (χ1) is 15.9. The topological polar surface area (TPSA) is 82.9 Å². The highest BCUT2D eigenvalue weighted by Crippen LogP contribution is 2.32. The van der Waals surface area contributed by atoms with Gasteiger partial charge in [0.2, 0.25) is 10.0 Å². The van der Waals surface area contributed by atoms with E-state index in [0.717, 1.165) is 11.1 Å². The first kappa shape index (κ1) is 23.6. The Hall–Kier alpha value is -2.59. The maximum Gasteiger partial charge on any atom is 0.243 e. The number of aryl methyl sites for hydroxylation is 1. The summed E-state index contributed by atoms with van der Waals surface area (Å²) in [6.45, 7) is 4.09. The Bertz CT molecular complexity index is 1300. The van der Waals surface area contributed by atoms with Gasteiger partial charge < -0.3 is 18.8 Å². The number of imidazole rings is 1. The van der Waals surface area contributed by atoms with Gasteiger partial charge in [-0.2, -0.15) is 4.31 Å². The second kappa shape index (κ2) is 9.72. The molecule has 2 heterocycles. The van der Waals surface area contributed by atoms with Gasteiger partial charge in [0.25, 0.3) is 0 Å². The van der Waals surface area contributed by atoms with E-state index in [1.54, 1.807) is 44.6 Å². The zero-order chi connectivity index (χ0) is 23.6. The van der Waals surface area contributed by atoms with E-state index in [2.05, 4.69) is 4.98 Å². The molecule has 0 N–H and O–H groups in total. The lowest BCUT2D eigenvalue weighted by atomic mass is 10.2. The molecule has 0 unspecified atom stereocenters. The molecule has 33 heavy (non-hydrogen) atoms. The Kier molecular flexibility index (Phi) is 6.94. The number of halogens is 1. The van der Waals surface area contributed by atoms with Crippen LogP contribution in [0.5, 0.6) is 11.5 Å². The summed E-state index contributed by atoms with van der Waals surface area (Å²) in [5.74, 6) is 1.78.